The summed E-state index contributed by atoms with van der Waals surface area (Å²) in [5.41, 5.74) is 8.02. The SMILES string of the molecule is Nc1cc(Cl)c(-c2ccc(OCC3CNC3)cc2)c(Cl)c1. The van der Waals surface area contributed by atoms with Crippen LogP contribution < -0.4 is 15.8 Å². The number of nitrogens with two attached hydrogens (primary N) is 1. The largest absolute Gasteiger partial charge is 0.493 e. The van der Waals surface area contributed by atoms with E-state index >= 15 is 0 Å². The Morgan fingerprint density at radius 3 is 2.24 bits per heavy atom. The Balaban J connectivity index is 1.77. The molecular formula is C16H16Cl2N2O. The number of benzene rings is 2. The van der Waals surface area contributed by atoms with Gasteiger partial charge in [0, 0.05) is 30.3 Å². The summed E-state index contributed by atoms with van der Waals surface area (Å²) in [7, 11) is 0. The molecule has 1 saturated heterocycles. The first-order chi connectivity index (χ1) is 10.1. The van der Waals surface area contributed by atoms with Gasteiger partial charge in [-0.05, 0) is 29.8 Å². The van der Waals surface area contributed by atoms with Crippen LogP contribution in [0.15, 0.2) is 36.4 Å². The van der Waals surface area contributed by atoms with E-state index in [-0.39, 0.29) is 0 Å². The lowest BCUT2D eigenvalue weighted by molar-refractivity contribution is 0.199. The number of ether oxygens (including phenoxy) is 1. The zero-order valence-electron chi connectivity index (χ0n) is 11.4. The highest BCUT2D eigenvalue weighted by molar-refractivity contribution is 6.39. The molecule has 0 atom stereocenters. The molecule has 21 heavy (non-hydrogen) atoms. The minimum absolute atomic E-state index is 0.550. The van der Waals surface area contributed by atoms with Crippen LogP contribution in [0.4, 0.5) is 5.69 Å². The molecule has 5 heteroatoms. The van der Waals surface area contributed by atoms with Gasteiger partial charge in [0.2, 0.25) is 0 Å². The van der Waals surface area contributed by atoms with Crippen molar-refractivity contribution in [2.24, 2.45) is 5.92 Å². The van der Waals surface area contributed by atoms with Gasteiger partial charge in [0.1, 0.15) is 5.75 Å². The number of rotatable bonds is 4. The normalized spacial score (nSPS) is 14.8. The third kappa shape index (κ3) is 3.26. The van der Waals surface area contributed by atoms with Gasteiger partial charge >= 0.3 is 0 Å². The van der Waals surface area contributed by atoms with E-state index in [0.29, 0.717) is 21.7 Å². The summed E-state index contributed by atoms with van der Waals surface area (Å²) < 4.78 is 5.75. The highest BCUT2D eigenvalue weighted by Crippen LogP contribution is 2.37. The van der Waals surface area contributed by atoms with Gasteiger partial charge in [-0.25, -0.2) is 0 Å². The topological polar surface area (TPSA) is 47.3 Å². The number of nitrogens with one attached hydrogen (secondary N) is 1. The second kappa shape index (κ2) is 6.14. The van der Waals surface area contributed by atoms with Gasteiger partial charge in [0.05, 0.1) is 16.7 Å². The van der Waals surface area contributed by atoms with Crippen LogP contribution in [0.3, 0.4) is 0 Å². The smallest absolute Gasteiger partial charge is 0.119 e. The molecule has 0 aliphatic carbocycles. The van der Waals surface area contributed by atoms with Gasteiger partial charge in [-0.1, -0.05) is 35.3 Å². The lowest BCUT2D eigenvalue weighted by Gasteiger charge is -2.26. The number of nitrogen functional groups attached to an aromatic ring is 1. The molecule has 3 rings (SSSR count). The molecule has 1 aliphatic heterocycles. The van der Waals surface area contributed by atoms with Crippen molar-refractivity contribution in [1.82, 2.24) is 5.32 Å². The lowest BCUT2D eigenvalue weighted by Crippen LogP contribution is -2.45. The van der Waals surface area contributed by atoms with E-state index in [0.717, 1.165) is 36.6 Å². The van der Waals surface area contributed by atoms with Crippen LogP contribution in [0.2, 0.25) is 10.0 Å². The molecule has 2 aromatic rings. The standard InChI is InChI=1S/C16H16Cl2N2O/c17-14-5-12(19)6-15(18)16(14)11-1-3-13(4-2-11)21-9-10-7-20-8-10/h1-6,10,20H,7-9,19H2. The Bertz CT molecular complexity index is 616. The maximum absolute atomic E-state index is 6.24. The van der Waals surface area contributed by atoms with Crippen LogP contribution >= 0.6 is 23.2 Å². The molecule has 110 valence electrons. The van der Waals surface area contributed by atoms with Gasteiger partial charge in [-0.15, -0.1) is 0 Å². The van der Waals surface area contributed by atoms with Crippen LogP contribution in [-0.2, 0) is 0 Å². The first-order valence-corrected chi connectivity index (χ1v) is 7.57. The van der Waals surface area contributed by atoms with E-state index in [9.17, 15) is 0 Å². The maximum atomic E-state index is 6.24. The third-order valence-corrected chi connectivity index (χ3v) is 4.16. The highest BCUT2D eigenvalue weighted by Gasteiger charge is 2.17. The van der Waals surface area contributed by atoms with Crippen LogP contribution in [-0.4, -0.2) is 19.7 Å². The van der Waals surface area contributed by atoms with E-state index in [4.69, 9.17) is 33.7 Å². The van der Waals surface area contributed by atoms with Crippen molar-refractivity contribution >= 4 is 28.9 Å². The van der Waals surface area contributed by atoms with Crippen molar-refractivity contribution in [2.75, 3.05) is 25.4 Å². The molecule has 1 fully saturated rings. The molecule has 0 amide bonds. The monoisotopic (exact) mass is 322 g/mol. The van der Waals surface area contributed by atoms with E-state index in [1.807, 2.05) is 24.3 Å². The van der Waals surface area contributed by atoms with Crippen LogP contribution in [0.1, 0.15) is 0 Å². The summed E-state index contributed by atoms with van der Waals surface area (Å²) in [4.78, 5) is 0. The molecule has 0 saturated carbocycles. The number of hydrogen-bond acceptors (Lipinski definition) is 3. The van der Waals surface area contributed by atoms with Crippen molar-refractivity contribution in [3.05, 3.63) is 46.4 Å². The average molecular weight is 323 g/mol. The fourth-order valence-corrected chi connectivity index (χ4v) is 2.99. The Morgan fingerprint density at radius 1 is 1.10 bits per heavy atom. The average Bonchev–Trinajstić information content (AvgIpc) is 2.37. The molecule has 1 heterocycles. The third-order valence-electron chi connectivity index (χ3n) is 3.56. The van der Waals surface area contributed by atoms with E-state index in [1.165, 1.54) is 0 Å². The Morgan fingerprint density at radius 2 is 1.71 bits per heavy atom. The molecular weight excluding hydrogens is 307 g/mol. The number of hydrogen-bond donors (Lipinski definition) is 2. The fraction of sp³-hybridized carbons (Fsp3) is 0.250. The Hall–Kier alpha value is -1.42. The summed E-state index contributed by atoms with van der Waals surface area (Å²) in [5.74, 6) is 1.47. The van der Waals surface area contributed by atoms with Crippen LogP contribution in [0, 0.1) is 5.92 Å². The maximum Gasteiger partial charge on any atom is 0.119 e. The highest BCUT2D eigenvalue weighted by atomic mass is 35.5. The predicted molar refractivity (Wildman–Crippen MR) is 88.2 cm³/mol. The molecule has 0 unspecified atom stereocenters. The summed E-state index contributed by atoms with van der Waals surface area (Å²) in [6.07, 6.45) is 0. The fourth-order valence-electron chi connectivity index (χ4n) is 2.27. The minimum Gasteiger partial charge on any atom is -0.493 e. The van der Waals surface area contributed by atoms with E-state index in [2.05, 4.69) is 5.32 Å². The second-order valence-corrected chi connectivity index (χ2v) is 6.03. The number of halogens is 2. The van der Waals surface area contributed by atoms with Crippen molar-refractivity contribution in [3.63, 3.8) is 0 Å². The van der Waals surface area contributed by atoms with Gasteiger partial charge in [0.25, 0.3) is 0 Å². The molecule has 3 N–H and O–H groups in total. The summed E-state index contributed by atoms with van der Waals surface area (Å²) in [6.45, 7) is 2.82. The molecule has 0 spiro atoms. The zero-order valence-corrected chi connectivity index (χ0v) is 12.9. The summed E-state index contributed by atoms with van der Waals surface area (Å²) in [6, 6.07) is 11.2. The van der Waals surface area contributed by atoms with Crippen molar-refractivity contribution in [3.8, 4) is 16.9 Å². The Labute approximate surface area is 134 Å². The van der Waals surface area contributed by atoms with E-state index in [1.54, 1.807) is 12.1 Å². The molecule has 1 aliphatic rings. The van der Waals surface area contributed by atoms with Crippen molar-refractivity contribution in [1.29, 1.82) is 0 Å². The first-order valence-electron chi connectivity index (χ1n) is 6.82. The Kier molecular flexibility index (Phi) is 4.24. The molecule has 0 aromatic heterocycles. The second-order valence-electron chi connectivity index (χ2n) is 5.22. The molecule has 3 nitrogen and oxygen atoms in total. The molecule has 0 bridgehead atoms. The van der Waals surface area contributed by atoms with Crippen LogP contribution in [0.25, 0.3) is 11.1 Å². The molecule has 0 radical (unpaired) electrons. The quantitative estimate of drug-likeness (QED) is 0.841. The van der Waals surface area contributed by atoms with Crippen molar-refractivity contribution < 1.29 is 4.74 Å². The van der Waals surface area contributed by atoms with Gasteiger partial charge in [-0.2, -0.15) is 0 Å². The minimum atomic E-state index is 0.550. The lowest BCUT2D eigenvalue weighted by atomic mass is 10.0. The predicted octanol–water partition coefficient (Wildman–Crippen LogP) is 3.84. The summed E-state index contributed by atoms with van der Waals surface area (Å²) >= 11 is 12.5. The van der Waals surface area contributed by atoms with E-state index < -0.39 is 0 Å². The summed E-state index contributed by atoms with van der Waals surface area (Å²) in [5, 5.41) is 4.33. The van der Waals surface area contributed by atoms with Crippen molar-refractivity contribution in [2.45, 2.75) is 0 Å². The van der Waals surface area contributed by atoms with Gasteiger partial charge in [-0.3, -0.25) is 0 Å². The van der Waals surface area contributed by atoms with Gasteiger partial charge in [0.15, 0.2) is 0 Å². The first kappa shape index (κ1) is 14.5. The number of anilines is 1. The van der Waals surface area contributed by atoms with Gasteiger partial charge < -0.3 is 15.8 Å². The molecule has 2 aromatic carbocycles. The zero-order chi connectivity index (χ0) is 14.8. The van der Waals surface area contributed by atoms with Crippen LogP contribution in [0.5, 0.6) is 5.75 Å².